The number of rotatable bonds is 5. The lowest BCUT2D eigenvalue weighted by atomic mass is 10.1. The Morgan fingerprint density at radius 2 is 1.84 bits per heavy atom. The van der Waals surface area contributed by atoms with E-state index in [0.29, 0.717) is 17.0 Å². The number of benzene rings is 2. The van der Waals surface area contributed by atoms with Crippen molar-refractivity contribution in [3.05, 3.63) is 90.7 Å². The number of hydrogen-bond acceptors (Lipinski definition) is 4. The fraction of sp³-hybridized carbons (Fsp3) is 0.174. The summed E-state index contributed by atoms with van der Waals surface area (Å²) in [5.41, 5.74) is -0.0964. The number of aryl methyl sites for hydroxylation is 1. The summed E-state index contributed by atoms with van der Waals surface area (Å²) in [6.45, 7) is -0.116. The monoisotopic (exact) mass is 471 g/mol. The Bertz CT molecular complexity index is 1330. The molecule has 1 heterocycles. The van der Waals surface area contributed by atoms with Gasteiger partial charge in [-0.15, -0.1) is 0 Å². The zero-order chi connectivity index (χ0) is 23.3. The van der Waals surface area contributed by atoms with Gasteiger partial charge in [-0.25, -0.2) is 4.79 Å². The normalized spacial score (nSPS) is 10.3. The second kappa shape index (κ2) is 10.2. The lowest BCUT2D eigenvalue weighted by molar-refractivity contribution is -0.116. The smallest absolute Gasteiger partial charge is 0.332 e. The van der Waals surface area contributed by atoms with Gasteiger partial charge in [0.1, 0.15) is 16.6 Å². The van der Waals surface area contributed by atoms with E-state index in [1.54, 1.807) is 24.3 Å². The van der Waals surface area contributed by atoms with E-state index in [1.165, 1.54) is 19.2 Å². The largest absolute Gasteiger partial charge is 0.508 e. The molecule has 0 bridgehead atoms. The molecule has 3 aromatic rings. The van der Waals surface area contributed by atoms with Crippen molar-refractivity contribution in [2.75, 3.05) is 5.32 Å². The molecule has 0 atom stereocenters. The number of phenols is 1. The number of nitrogens with zero attached hydrogens (tertiary/aromatic N) is 2. The summed E-state index contributed by atoms with van der Waals surface area (Å²) >= 11 is 12.1. The molecule has 0 aliphatic carbocycles. The van der Waals surface area contributed by atoms with Crippen LogP contribution in [0, 0.1) is 11.8 Å². The summed E-state index contributed by atoms with van der Waals surface area (Å²) in [7, 11) is 1.30. The average Bonchev–Trinajstić information content (AvgIpc) is 2.77. The molecular weight excluding hydrogens is 453 g/mol. The van der Waals surface area contributed by atoms with Crippen LogP contribution in [0.15, 0.2) is 58.1 Å². The number of carbonyl (C=O) groups excluding carboxylic acids is 1. The maximum absolute atomic E-state index is 12.5. The Labute approximate surface area is 193 Å². The zero-order valence-corrected chi connectivity index (χ0v) is 18.6. The number of hydrogen-bond donors (Lipinski definition) is 2. The highest BCUT2D eigenvalue weighted by molar-refractivity contribution is 6.32. The minimum Gasteiger partial charge on any atom is -0.508 e. The van der Waals surface area contributed by atoms with Gasteiger partial charge in [0.2, 0.25) is 5.91 Å². The van der Waals surface area contributed by atoms with Gasteiger partial charge in [-0.3, -0.25) is 18.7 Å². The van der Waals surface area contributed by atoms with Gasteiger partial charge in [-0.1, -0.05) is 53.2 Å². The molecule has 0 saturated carbocycles. The van der Waals surface area contributed by atoms with Gasteiger partial charge in [-0.2, -0.15) is 0 Å². The zero-order valence-electron chi connectivity index (χ0n) is 17.1. The Morgan fingerprint density at radius 1 is 1.12 bits per heavy atom. The van der Waals surface area contributed by atoms with Crippen LogP contribution in [0.5, 0.6) is 5.75 Å². The first-order chi connectivity index (χ1) is 15.3. The van der Waals surface area contributed by atoms with Crippen LogP contribution >= 0.6 is 23.2 Å². The van der Waals surface area contributed by atoms with Crippen LogP contribution in [0.1, 0.15) is 17.5 Å². The molecule has 0 fully saturated rings. The lowest BCUT2D eigenvalue weighted by Gasteiger charge is -2.13. The Kier molecular flexibility index (Phi) is 7.41. The summed E-state index contributed by atoms with van der Waals surface area (Å²) in [5.74, 6) is 5.24. The molecule has 0 saturated heterocycles. The quantitative estimate of drug-likeness (QED) is 0.441. The highest BCUT2D eigenvalue weighted by Gasteiger charge is 2.17. The van der Waals surface area contributed by atoms with Gasteiger partial charge in [0.25, 0.3) is 5.56 Å². The van der Waals surface area contributed by atoms with Crippen LogP contribution in [0.3, 0.4) is 0 Å². The van der Waals surface area contributed by atoms with Gasteiger partial charge in [-0.05, 0) is 42.3 Å². The van der Waals surface area contributed by atoms with Crippen LogP contribution in [0.4, 0.5) is 5.69 Å². The Balaban J connectivity index is 1.80. The number of phenolic OH excluding ortho intramolecular Hbond substituents is 1. The number of aromatic nitrogens is 2. The SMILES string of the molecule is Cn1c(=O)c(NC(=O)CCc2ccc(Cl)cc2)c(Cl)n(CC#Cc2cccc(O)c2)c1=O. The summed E-state index contributed by atoms with van der Waals surface area (Å²) in [5, 5.41) is 12.4. The molecule has 2 N–H and O–H groups in total. The minimum absolute atomic E-state index is 0.0673. The first-order valence-electron chi connectivity index (χ1n) is 9.58. The first-order valence-corrected chi connectivity index (χ1v) is 10.3. The van der Waals surface area contributed by atoms with Crippen LogP contribution in [0.2, 0.25) is 10.2 Å². The van der Waals surface area contributed by atoms with E-state index < -0.39 is 17.2 Å². The van der Waals surface area contributed by atoms with Crippen molar-refractivity contribution >= 4 is 34.8 Å². The van der Waals surface area contributed by atoms with Crippen molar-refractivity contribution in [2.24, 2.45) is 7.05 Å². The van der Waals surface area contributed by atoms with E-state index in [2.05, 4.69) is 17.2 Å². The van der Waals surface area contributed by atoms with E-state index >= 15 is 0 Å². The second-order valence-electron chi connectivity index (χ2n) is 6.93. The molecule has 1 aromatic heterocycles. The average molecular weight is 472 g/mol. The van der Waals surface area contributed by atoms with E-state index in [-0.39, 0.29) is 29.6 Å². The highest BCUT2D eigenvalue weighted by atomic mass is 35.5. The molecule has 32 heavy (non-hydrogen) atoms. The van der Waals surface area contributed by atoms with E-state index in [1.807, 2.05) is 12.1 Å². The minimum atomic E-state index is -0.711. The van der Waals surface area contributed by atoms with Crippen LogP contribution in [-0.4, -0.2) is 20.1 Å². The molecule has 164 valence electrons. The van der Waals surface area contributed by atoms with Crippen molar-refractivity contribution in [2.45, 2.75) is 19.4 Å². The van der Waals surface area contributed by atoms with E-state index in [9.17, 15) is 19.5 Å². The topological polar surface area (TPSA) is 93.3 Å². The van der Waals surface area contributed by atoms with Gasteiger partial charge in [0.15, 0.2) is 0 Å². The maximum atomic E-state index is 12.5. The molecule has 0 spiro atoms. The summed E-state index contributed by atoms with van der Waals surface area (Å²) in [6.07, 6.45) is 0.549. The van der Waals surface area contributed by atoms with E-state index in [4.69, 9.17) is 23.2 Å². The molecule has 2 aromatic carbocycles. The number of nitrogens with one attached hydrogen (secondary N) is 1. The van der Waals surface area contributed by atoms with Crippen molar-refractivity contribution in [3.63, 3.8) is 0 Å². The van der Waals surface area contributed by atoms with Gasteiger partial charge >= 0.3 is 5.69 Å². The third-order valence-corrected chi connectivity index (χ3v) is 5.26. The van der Waals surface area contributed by atoms with Crippen molar-refractivity contribution < 1.29 is 9.90 Å². The van der Waals surface area contributed by atoms with Gasteiger partial charge in [0.05, 0.1) is 6.54 Å². The standard InChI is InChI=1S/C23H19Cl2N3O4/c1-27-22(31)20(26-19(30)12-9-15-7-10-17(24)11-8-15)21(25)28(23(27)32)13-3-5-16-4-2-6-18(29)14-16/h2,4,6-8,10-11,14,29H,9,12-13H2,1H3,(H,26,30). The summed E-state index contributed by atoms with van der Waals surface area (Å²) in [6, 6.07) is 13.4. The van der Waals surface area contributed by atoms with Crippen LogP contribution < -0.4 is 16.6 Å². The lowest BCUT2D eigenvalue weighted by Crippen LogP contribution is -2.40. The Hall–Kier alpha value is -3.47. The number of halogens is 2. The molecule has 9 heteroatoms. The molecule has 1 amide bonds. The summed E-state index contributed by atoms with van der Waals surface area (Å²) < 4.78 is 1.95. The Morgan fingerprint density at radius 3 is 2.53 bits per heavy atom. The maximum Gasteiger partial charge on any atom is 0.332 e. The molecule has 0 unspecified atom stereocenters. The fourth-order valence-corrected chi connectivity index (χ4v) is 3.29. The predicted molar refractivity (Wildman–Crippen MR) is 124 cm³/mol. The molecule has 0 radical (unpaired) electrons. The van der Waals surface area contributed by atoms with Crippen LogP contribution in [-0.2, 0) is 24.8 Å². The third kappa shape index (κ3) is 5.61. The highest BCUT2D eigenvalue weighted by Crippen LogP contribution is 2.17. The molecular formula is C23H19Cl2N3O4. The van der Waals surface area contributed by atoms with Crippen molar-refractivity contribution in [3.8, 4) is 17.6 Å². The molecule has 7 nitrogen and oxygen atoms in total. The predicted octanol–water partition coefficient (Wildman–Crippen LogP) is 3.18. The number of anilines is 1. The van der Waals surface area contributed by atoms with Crippen LogP contribution in [0.25, 0.3) is 0 Å². The third-order valence-electron chi connectivity index (χ3n) is 4.61. The van der Waals surface area contributed by atoms with Gasteiger partial charge < -0.3 is 10.4 Å². The molecule has 0 aliphatic heterocycles. The number of aromatic hydroxyl groups is 1. The van der Waals surface area contributed by atoms with Gasteiger partial charge in [0, 0.05) is 24.1 Å². The molecule has 3 rings (SSSR count). The second-order valence-corrected chi connectivity index (χ2v) is 7.72. The van der Waals surface area contributed by atoms with Crippen molar-refractivity contribution in [1.29, 1.82) is 0 Å². The number of amides is 1. The fourth-order valence-electron chi connectivity index (χ4n) is 2.90. The van der Waals surface area contributed by atoms with Crippen molar-refractivity contribution in [1.82, 2.24) is 9.13 Å². The van der Waals surface area contributed by atoms with E-state index in [0.717, 1.165) is 14.7 Å². The first kappa shape index (κ1) is 23.2. The number of carbonyl (C=O) groups is 1. The molecule has 0 aliphatic rings. The summed E-state index contributed by atoms with van der Waals surface area (Å²) in [4.78, 5) is 37.4.